The molecule has 1 fully saturated rings. The number of amides is 1. The first-order chi connectivity index (χ1) is 12.5. The maximum Gasteiger partial charge on any atom is 0.255 e. The molecule has 0 spiro atoms. The summed E-state index contributed by atoms with van der Waals surface area (Å²) in [6, 6.07) is 8.43. The van der Waals surface area contributed by atoms with Gasteiger partial charge in [-0.05, 0) is 30.3 Å². The van der Waals surface area contributed by atoms with Crippen LogP contribution in [-0.2, 0) is 4.74 Å². The summed E-state index contributed by atoms with van der Waals surface area (Å²) in [4.78, 5) is 14.9. The average molecular weight is 416 g/mol. The maximum absolute atomic E-state index is 12.7. The minimum Gasteiger partial charge on any atom is -0.494 e. The summed E-state index contributed by atoms with van der Waals surface area (Å²) in [6.45, 7) is 2.76. The topological polar surface area (TPSA) is 50.8 Å². The smallest absolute Gasteiger partial charge is 0.255 e. The molecule has 0 aromatic heterocycles. The van der Waals surface area contributed by atoms with Crippen molar-refractivity contribution in [2.24, 2.45) is 0 Å². The third-order valence-electron chi connectivity index (χ3n) is 4.02. The highest BCUT2D eigenvalue weighted by Gasteiger charge is 2.18. The Balaban J connectivity index is 1.88. The number of ether oxygens (including phenoxy) is 2. The van der Waals surface area contributed by atoms with E-state index in [0.717, 1.165) is 18.8 Å². The van der Waals surface area contributed by atoms with Gasteiger partial charge in [0.2, 0.25) is 0 Å². The van der Waals surface area contributed by atoms with Gasteiger partial charge in [0.15, 0.2) is 5.75 Å². The number of nitrogens with one attached hydrogen (secondary N) is 1. The van der Waals surface area contributed by atoms with Crippen molar-refractivity contribution in [3.8, 4) is 5.75 Å². The molecule has 2 aromatic carbocycles. The molecule has 0 atom stereocenters. The van der Waals surface area contributed by atoms with Crippen LogP contribution in [0.3, 0.4) is 0 Å². The first kappa shape index (κ1) is 19.1. The van der Waals surface area contributed by atoms with Gasteiger partial charge in [0, 0.05) is 23.7 Å². The van der Waals surface area contributed by atoms with Gasteiger partial charge in [0.1, 0.15) is 0 Å². The molecule has 5 nitrogen and oxygen atoms in total. The van der Waals surface area contributed by atoms with E-state index >= 15 is 0 Å². The van der Waals surface area contributed by atoms with Crippen LogP contribution in [0, 0.1) is 0 Å². The van der Waals surface area contributed by atoms with Gasteiger partial charge >= 0.3 is 0 Å². The Morgan fingerprint density at radius 2 is 1.77 bits per heavy atom. The molecule has 0 aliphatic carbocycles. The minimum absolute atomic E-state index is 0.268. The summed E-state index contributed by atoms with van der Waals surface area (Å²) >= 11 is 18.4. The number of carbonyl (C=O) groups is 1. The number of benzene rings is 2. The summed E-state index contributed by atoms with van der Waals surface area (Å²) < 4.78 is 10.5. The largest absolute Gasteiger partial charge is 0.494 e. The number of morpholine rings is 1. The molecule has 0 bridgehead atoms. The Labute approximate surface area is 166 Å². The molecular formula is C18H17Cl3N2O3. The Bertz CT molecular complexity index is 800. The predicted molar refractivity (Wildman–Crippen MR) is 105 cm³/mol. The molecule has 8 heteroatoms. The monoisotopic (exact) mass is 414 g/mol. The average Bonchev–Trinajstić information content (AvgIpc) is 2.62. The molecule has 0 radical (unpaired) electrons. The zero-order valence-corrected chi connectivity index (χ0v) is 16.3. The van der Waals surface area contributed by atoms with Gasteiger partial charge < -0.3 is 19.7 Å². The minimum atomic E-state index is -0.340. The van der Waals surface area contributed by atoms with E-state index in [1.807, 2.05) is 6.07 Å². The number of hydrogen-bond acceptors (Lipinski definition) is 4. The van der Waals surface area contributed by atoms with Gasteiger partial charge in [-0.15, -0.1) is 0 Å². The lowest BCUT2D eigenvalue weighted by Gasteiger charge is -2.30. The second kappa shape index (κ2) is 8.35. The normalized spacial score (nSPS) is 14.2. The van der Waals surface area contributed by atoms with Crippen LogP contribution >= 0.6 is 34.8 Å². The molecule has 0 unspecified atom stereocenters. The molecule has 1 heterocycles. The highest BCUT2D eigenvalue weighted by Crippen LogP contribution is 2.35. The lowest BCUT2D eigenvalue weighted by Crippen LogP contribution is -2.36. The second-order valence-electron chi connectivity index (χ2n) is 5.69. The molecule has 138 valence electrons. The quantitative estimate of drug-likeness (QED) is 0.783. The van der Waals surface area contributed by atoms with Crippen molar-refractivity contribution < 1.29 is 14.3 Å². The van der Waals surface area contributed by atoms with E-state index in [-0.39, 0.29) is 16.0 Å². The van der Waals surface area contributed by atoms with Crippen LogP contribution in [0.2, 0.25) is 15.1 Å². The number of anilines is 2. The van der Waals surface area contributed by atoms with Crippen LogP contribution < -0.4 is 15.0 Å². The molecule has 26 heavy (non-hydrogen) atoms. The van der Waals surface area contributed by atoms with Crippen LogP contribution in [0.5, 0.6) is 5.75 Å². The third-order valence-corrected chi connectivity index (χ3v) is 4.82. The van der Waals surface area contributed by atoms with Crippen LogP contribution in [0.4, 0.5) is 11.4 Å². The van der Waals surface area contributed by atoms with Gasteiger partial charge in [-0.2, -0.15) is 0 Å². The Morgan fingerprint density at radius 1 is 1.12 bits per heavy atom. The van der Waals surface area contributed by atoms with Gasteiger partial charge in [0.25, 0.3) is 5.91 Å². The van der Waals surface area contributed by atoms with Crippen molar-refractivity contribution >= 4 is 52.1 Å². The van der Waals surface area contributed by atoms with Crippen molar-refractivity contribution in [3.63, 3.8) is 0 Å². The van der Waals surface area contributed by atoms with Crippen molar-refractivity contribution in [3.05, 3.63) is 51.0 Å². The zero-order valence-electron chi connectivity index (χ0n) is 14.0. The lowest BCUT2D eigenvalue weighted by molar-refractivity contribution is 0.102. The van der Waals surface area contributed by atoms with E-state index in [1.54, 1.807) is 12.1 Å². The van der Waals surface area contributed by atoms with Crippen molar-refractivity contribution in [1.82, 2.24) is 0 Å². The summed E-state index contributed by atoms with van der Waals surface area (Å²) in [6.07, 6.45) is 0. The number of halogens is 3. The predicted octanol–water partition coefficient (Wildman–Crippen LogP) is 4.74. The van der Waals surface area contributed by atoms with E-state index in [4.69, 9.17) is 44.3 Å². The molecule has 1 amide bonds. The molecular weight excluding hydrogens is 399 g/mol. The van der Waals surface area contributed by atoms with E-state index in [0.29, 0.717) is 35.2 Å². The summed E-state index contributed by atoms with van der Waals surface area (Å²) in [5, 5.41) is 3.96. The summed E-state index contributed by atoms with van der Waals surface area (Å²) in [7, 11) is 1.47. The molecule has 1 saturated heterocycles. The van der Waals surface area contributed by atoms with E-state index in [1.165, 1.54) is 19.2 Å². The fourth-order valence-corrected chi connectivity index (χ4v) is 3.58. The molecule has 1 aliphatic heterocycles. The fraction of sp³-hybridized carbons (Fsp3) is 0.278. The Morgan fingerprint density at radius 3 is 2.38 bits per heavy atom. The first-order valence-corrected chi connectivity index (χ1v) is 9.09. The summed E-state index contributed by atoms with van der Waals surface area (Å²) in [5.41, 5.74) is 1.83. The van der Waals surface area contributed by atoms with Gasteiger partial charge in [-0.1, -0.05) is 34.8 Å². The van der Waals surface area contributed by atoms with Gasteiger partial charge in [0.05, 0.1) is 41.7 Å². The van der Waals surface area contributed by atoms with E-state index < -0.39 is 0 Å². The maximum atomic E-state index is 12.7. The number of hydrogen-bond donors (Lipinski definition) is 1. The number of carbonyl (C=O) groups excluding carboxylic acids is 1. The first-order valence-electron chi connectivity index (χ1n) is 7.96. The second-order valence-corrected chi connectivity index (χ2v) is 6.94. The molecule has 2 aromatic rings. The van der Waals surface area contributed by atoms with Gasteiger partial charge in [-0.3, -0.25) is 4.79 Å². The molecule has 0 saturated carbocycles. The van der Waals surface area contributed by atoms with Crippen LogP contribution in [0.1, 0.15) is 10.4 Å². The van der Waals surface area contributed by atoms with Gasteiger partial charge in [-0.25, -0.2) is 0 Å². The SMILES string of the molecule is COc1c(Cl)cc(C(=O)Nc2cc(Cl)ccc2N2CCOCC2)cc1Cl. The van der Waals surface area contributed by atoms with E-state index in [2.05, 4.69) is 10.2 Å². The molecule has 1 N–H and O–H groups in total. The lowest BCUT2D eigenvalue weighted by atomic mass is 10.1. The van der Waals surface area contributed by atoms with E-state index in [9.17, 15) is 4.79 Å². The number of nitrogens with zero attached hydrogens (tertiary/aromatic N) is 1. The zero-order chi connectivity index (χ0) is 18.7. The summed E-state index contributed by atoms with van der Waals surface area (Å²) in [5.74, 6) is -0.00475. The highest BCUT2D eigenvalue weighted by atomic mass is 35.5. The van der Waals surface area contributed by atoms with Crippen molar-refractivity contribution in [2.45, 2.75) is 0 Å². The highest BCUT2D eigenvalue weighted by molar-refractivity contribution is 6.38. The van der Waals surface area contributed by atoms with Crippen LogP contribution in [-0.4, -0.2) is 39.3 Å². The molecule has 1 aliphatic rings. The third kappa shape index (κ3) is 4.18. The Hall–Kier alpha value is -1.66. The molecule has 3 rings (SSSR count). The standard InChI is InChI=1S/C18H17Cl3N2O3/c1-25-17-13(20)8-11(9-14(17)21)18(24)22-15-10-12(19)2-3-16(15)23-4-6-26-7-5-23/h2-3,8-10H,4-7H2,1H3,(H,22,24). The number of rotatable bonds is 4. The van der Waals surface area contributed by atoms with Crippen LogP contribution in [0.15, 0.2) is 30.3 Å². The Kier molecular flexibility index (Phi) is 6.14. The van der Waals surface area contributed by atoms with Crippen molar-refractivity contribution in [1.29, 1.82) is 0 Å². The van der Waals surface area contributed by atoms with Crippen molar-refractivity contribution in [2.75, 3.05) is 43.6 Å². The van der Waals surface area contributed by atoms with Crippen LogP contribution in [0.25, 0.3) is 0 Å². The fourth-order valence-electron chi connectivity index (χ4n) is 2.77. The number of methoxy groups -OCH3 is 1.